The molecule has 0 radical (unpaired) electrons. The van der Waals surface area contributed by atoms with Gasteiger partial charge in [0.1, 0.15) is 18.1 Å². The van der Waals surface area contributed by atoms with Gasteiger partial charge in [0.25, 0.3) is 0 Å². The first kappa shape index (κ1) is 28.7. The van der Waals surface area contributed by atoms with Crippen molar-refractivity contribution >= 4 is 46.8 Å². The highest BCUT2D eigenvalue weighted by atomic mass is 79.9. The van der Waals surface area contributed by atoms with Crippen LogP contribution in [0.5, 0.6) is 0 Å². The molecule has 3 aromatic rings. The summed E-state index contributed by atoms with van der Waals surface area (Å²) in [5, 5.41) is 0. The standard InChI is InChI=1S/C24H28BrF6N5OSi/c1-38(2,3)12-11-37-15-36-19-14-16(23(26,27)28)13-18(25)20(19)33-22(36)35-9-7-34(8-10-35)21-17(24(29,30)31)5-4-6-32-21/h4-6,13-14H,7-12,15H2,1-3H3. The molecule has 0 amide bonds. The van der Waals surface area contributed by atoms with Crippen molar-refractivity contribution in [3.63, 3.8) is 0 Å². The fourth-order valence-corrected chi connectivity index (χ4v) is 5.52. The summed E-state index contributed by atoms with van der Waals surface area (Å²) < 4.78 is 88.9. The first-order chi connectivity index (χ1) is 17.6. The molecule has 0 saturated carbocycles. The smallest absolute Gasteiger partial charge is 0.361 e. The number of aromatic nitrogens is 3. The maximum Gasteiger partial charge on any atom is 0.419 e. The van der Waals surface area contributed by atoms with Crippen molar-refractivity contribution in [1.82, 2.24) is 14.5 Å². The Balaban J connectivity index is 1.63. The predicted octanol–water partition coefficient (Wildman–Crippen LogP) is 6.87. The number of piperazine rings is 1. The maximum absolute atomic E-state index is 13.6. The van der Waals surface area contributed by atoms with Gasteiger partial charge in [-0.2, -0.15) is 26.3 Å². The molecule has 2 aromatic heterocycles. The van der Waals surface area contributed by atoms with Crippen LogP contribution in [0.2, 0.25) is 25.7 Å². The van der Waals surface area contributed by atoms with Gasteiger partial charge in [0.2, 0.25) is 5.95 Å². The molecule has 1 aliphatic rings. The van der Waals surface area contributed by atoms with Gasteiger partial charge in [-0.15, -0.1) is 0 Å². The van der Waals surface area contributed by atoms with Crippen LogP contribution in [-0.2, 0) is 23.8 Å². The zero-order chi connectivity index (χ0) is 27.9. The number of imidazole rings is 1. The quantitative estimate of drug-likeness (QED) is 0.163. The van der Waals surface area contributed by atoms with Gasteiger partial charge in [-0.05, 0) is 46.2 Å². The van der Waals surface area contributed by atoms with Crippen molar-refractivity contribution in [2.45, 2.75) is 44.8 Å². The minimum Gasteiger partial charge on any atom is -0.361 e. The van der Waals surface area contributed by atoms with Gasteiger partial charge < -0.3 is 14.5 Å². The summed E-state index contributed by atoms with van der Waals surface area (Å²) in [5.74, 6) is 0.269. The van der Waals surface area contributed by atoms with E-state index in [9.17, 15) is 26.3 Å². The van der Waals surface area contributed by atoms with Crippen molar-refractivity contribution in [3.8, 4) is 0 Å². The average molecular weight is 625 g/mol. The van der Waals surface area contributed by atoms with Crippen LogP contribution in [0.15, 0.2) is 34.9 Å². The normalized spacial score (nSPS) is 15.5. The Morgan fingerprint density at radius 1 is 0.974 bits per heavy atom. The van der Waals surface area contributed by atoms with E-state index in [2.05, 4.69) is 45.5 Å². The van der Waals surface area contributed by atoms with Crippen LogP contribution in [-0.4, -0.2) is 55.4 Å². The Labute approximate surface area is 225 Å². The minimum absolute atomic E-state index is 0.00272. The maximum atomic E-state index is 13.6. The number of pyridine rings is 1. The third-order valence-corrected chi connectivity index (χ3v) is 8.59. The number of halogens is 7. The van der Waals surface area contributed by atoms with Crippen molar-refractivity contribution in [2.75, 3.05) is 42.6 Å². The van der Waals surface area contributed by atoms with Crippen LogP contribution in [0.1, 0.15) is 11.1 Å². The third kappa shape index (κ3) is 6.45. The van der Waals surface area contributed by atoms with Gasteiger partial charge in [-0.1, -0.05) is 19.6 Å². The fraction of sp³-hybridized carbons (Fsp3) is 0.500. The van der Waals surface area contributed by atoms with E-state index < -0.39 is 31.6 Å². The van der Waals surface area contributed by atoms with Crippen molar-refractivity contribution < 1.29 is 31.1 Å². The van der Waals surface area contributed by atoms with Crippen molar-refractivity contribution in [1.29, 1.82) is 0 Å². The molecular weight excluding hydrogens is 596 g/mol. The molecule has 1 aliphatic heterocycles. The number of rotatable bonds is 7. The summed E-state index contributed by atoms with van der Waals surface area (Å²) in [5.41, 5.74) is -0.999. The van der Waals surface area contributed by atoms with Crippen LogP contribution >= 0.6 is 15.9 Å². The van der Waals surface area contributed by atoms with Gasteiger partial charge in [-0.25, -0.2) is 9.97 Å². The molecule has 4 rings (SSSR count). The highest BCUT2D eigenvalue weighted by Gasteiger charge is 2.37. The summed E-state index contributed by atoms with van der Waals surface area (Å²) in [4.78, 5) is 12.0. The summed E-state index contributed by atoms with van der Waals surface area (Å²) in [6.07, 6.45) is -7.76. The zero-order valence-electron chi connectivity index (χ0n) is 21.1. The van der Waals surface area contributed by atoms with Crippen LogP contribution in [0.4, 0.5) is 38.1 Å². The second-order valence-corrected chi connectivity index (χ2v) is 16.8. The Kier molecular flexibility index (Phi) is 8.06. The fourth-order valence-electron chi connectivity index (χ4n) is 4.22. The van der Waals surface area contributed by atoms with E-state index in [1.165, 1.54) is 12.3 Å². The molecular formula is C24H28BrF6N5OSi. The molecule has 6 nitrogen and oxygen atoms in total. The average Bonchev–Trinajstić information content (AvgIpc) is 3.19. The van der Waals surface area contributed by atoms with E-state index in [4.69, 9.17) is 4.74 Å². The largest absolute Gasteiger partial charge is 0.419 e. The van der Waals surface area contributed by atoms with Gasteiger partial charge >= 0.3 is 12.4 Å². The molecule has 14 heteroatoms. The van der Waals surface area contributed by atoms with Gasteiger partial charge in [-0.3, -0.25) is 4.57 Å². The summed E-state index contributed by atoms with van der Waals surface area (Å²) in [6.45, 7) is 8.13. The Morgan fingerprint density at radius 2 is 1.63 bits per heavy atom. The topological polar surface area (TPSA) is 46.4 Å². The number of hydrogen-bond acceptors (Lipinski definition) is 5. The van der Waals surface area contributed by atoms with E-state index in [0.29, 0.717) is 31.2 Å². The summed E-state index contributed by atoms with van der Waals surface area (Å²) >= 11 is 3.23. The number of hydrogen-bond donors (Lipinski definition) is 0. The van der Waals surface area contributed by atoms with Crippen molar-refractivity contribution in [3.05, 3.63) is 46.1 Å². The second kappa shape index (κ2) is 10.7. The molecule has 0 N–H and O–H groups in total. The molecule has 1 fully saturated rings. The molecule has 0 unspecified atom stereocenters. The molecule has 38 heavy (non-hydrogen) atoms. The number of alkyl halides is 6. The van der Waals surface area contributed by atoms with Crippen LogP contribution in [0.3, 0.4) is 0 Å². The Morgan fingerprint density at radius 3 is 2.24 bits per heavy atom. The highest BCUT2D eigenvalue weighted by Crippen LogP contribution is 2.38. The lowest BCUT2D eigenvalue weighted by molar-refractivity contribution is -0.138. The van der Waals surface area contributed by atoms with E-state index in [1.807, 2.05) is 4.90 Å². The lowest BCUT2D eigenvalue weighted by Crippen LogP contribution is -2.48. The predicted molar refractivity (Wildman–Crippen MR) is 140 cm³/mol. The third-order valence-electron chi connectivity index (χ3n) is 6.29. The first-order valence-corrected chi connectivity index (χ1v) is 16.5. The molecule has 208 valence electrons. The molecule has 3 heterocycles. The minimum atomic E-state index is -4.55. The van der Waals surface area contributed by atoms with Gasteiger partial charge in [0.15, 0.2) is 0 Å². The second-order valence-electron chi connectivity index (χ2n) is 10.4. The molecule has 0 bridgehead atoms. The van der Waals surface area contributed by atoms with Crippen LogP contribution in [0.25, 0.3) is 11.0 Å². The number of benzene rings is 1. The van der Waals surface area contributed by atoms with Gasteiger partial charge in [0.05, 0.1) is 16.6 Å². The molecule has 1 aromatic carbocycles. The summed E-state index contributed by atoms with van der Waals surface area (Å²) in [7, 11) is -1.39. The van der Waals surface area contributed by atoms with E-state index in [0.717, 1.165) is 24.2 Å². The van der Waals surface area contributed by atoms with E-state index >= 15 is 0 Å². The number of nitrogens with zero attached hydrogens (tertiary/aromatic N) is 5. The van der Waals surface area contributed by atoms with Crippen LogP contribution in [0, 0.1) is 0 Å². The molecule has 0 aliphatic carbocycles. The lowest BCUT2D eigenvalue weighted by atomic mass is 10.2. The number of fused-ring (bicyclic) bond motifs is 1. The first-order valence-electron chi connectivity index (χ1n) is 12.0. The molecule has 0 spiro atoms. The SMILES string of the molecule is C[Si](C)(C)CCOCn1c(N2CCN(c3ncccc3C(F)(F)F)CC2)nc2c(Br)cc(C(F)(F)F)cc21. The molecule has 1 saturated heterocycles. The Bertz CT molecular complexity index is 1280. The summed E-state index contributed by atoms with van der Waals surface area (Å²) in [6, 6.07) is 5.18. The van der Waals surface area contributed by atoms with Crippen LogP contribution < -0.4 is 9.80 Å². The van der Waals surface area contributed by atoms with Crippen molar-refractivity contribution in [2.24, 2.45) is 0 Å². The highest BCUT2D eigenvalue weighted by molar-refractivity contribution is 9.10. The number of ether oxygens (including phenoxy) is 1. The molecule has 0 atom stereocenters. The lowest BCUT2D eigenvalue weighted by Gasteiger charge is -2.37. The van der Waals surface area contributed by atoms with E-state index in [1.54, 1.807) is 9.47 Å². The number of anilines is 2. The zero-order valence-corrected chi connectivity index (χ0v) is 23.7. The Hall–Kier alpha value is -2.32. The van der Waals surface area contributed by atoms with E-state index in [-0.39, 0.29) is 35.6 Å². The monoisotopic (exact) mass is 623 g/mol. The van der Waals surface area contributed by atoms with Gasteiger partial charge in [0, 0.05) is 51.5 Å².